The predicted octanol–water partition coefficient (Wildman–Crippen LogP) is 9.43. The fourth-order valence-corrected chi connectivity index (χ4v) is 1.52. The summed E-state index contributed by atoms with van der Waals surface area (Å²) in [6.45, 7) is 20.0. The first-order valence-corrected chi connectivity index (χ1v) is 14.1. The SMILES string of the molecule is C.CC.CC.CC.CC.COC(=N)C(Cl)(Cl)Cl.Cc1ccccc1N.Cc1ccccc1N.NC(=S)C(N)=S. The van der Waals surface area contributed by atoms with E-state index in [0.29, 0.717) is 0 Å². The van der Waals surface area contributed by atoms with Gasteiger partial charge in [0.2, 0.25) is 5.90 Å². The lowest BCUT2D eigenvalue weighted by Gasteiger charge is -2.08. The fraction of sp³-hybridized carbons (Fsp3) is 0.464. The number of nitrogen functional groups attached to an aromatic ring is 2. The van der Waals surface area contributed by atoms with Crippen molar-refractivity contribution in [2.24, 2.45) is 11.5 Å². The fourth-order valence-electron chi connectivity index (χ4n) is 1.29. The third-order valence-electron chi connectivity index (χ3n) is 3.08. The number of methoxy groups -OCH3 is 1. The third kappa shape index (κ3) is 40.8. The molecule has 9 N–H and O–H groups in total. The molecule has 2 aromatic carbocycles. The molecule has 39 heavy (non-hydrogen) atoms. The number of nitrogens with one attached hydrogen (secondary N) is 1. The third-order valence-corrected chi connectivity index (χ3v) is 4.17. The van der Waals surface area contributed by atoms with Crippen molar-refractivity contribution < 1.29 is 4.74 Å². The van der Waals surface area contributed by atoms with Gasteiger partial charge in [-0.3, -0.25) is 5.41 Å². The maximum Gasteiger partial charge on any atom is 0.265 e. The lowest BCUT2D eigenvalue weighted by atomic mass is 10.2. The quantitative estimate of drug-likeness (QED) is 0.0632. The van der Waals surface area contributed by atoms with Gasteiger partial charge < -0.3 is 27.7 Å². The Bertz CT molecular complexity index is 737. The Labute approximate surface area is 265 Å². The molecule has 0 aliphatic carbocycles. The molecule has 11 heteroatoms. The van der Waals surface area contributed by atoms with Crippen molar-refractivity contribution >= 4 is 86.5 Å². The van der Waals surface area contributed by atoms with Gasteiger partial charge in [-0.1, -0.05) is 158 Å². The molecule has 2 rings (SSSR count). The predicted molar refractivity (Wildman–Crippen MR) is 192 cm³/mol. The Morgan fingerprint density at radius 1 is 0.692 bits per heavy atom. The number of thiocarbonyl (C=S) groups is 2. The van der Waals surface area contributed by atoms with E-state index in [4.69, 9.17) is 63.1 Å². The Balaban J connectivity index is -0.0000000641. The molecule has 0 radical (unpaired) electrons. The van der Waals surface area contributed by atoms with Gasteiger partial charge in [-0.05, 0) is 37.1 Å². The van der Waals surface area contributed by atoms with Crippen LogP contribution in [-0.2, 0) is 4.74 Å². The minimum atomic E-state index is -1.71. The zero-order chi connectivity index (χ0) is 31.9. The maximum atomic E-state index is 6.77. The summed E-state index contributed by atoms with van der Waals surface area (Å²) >= 11 is 24.2. The molecule has 0 aliphatic heterocycles. The number of alkyl halides is 3. The first kappa shape index (κ1) is 53.4. The van der Waals surface area contributed by atoms with E-state index < -0.39 is 3.79 Å². The summed E-state index contributed by atoms with van der Waals surface area (Å²) in [6.07, 6.45) is 0. The van der Waals surface area contributed by atoms with Gasteiger partial charge in [0.05, 0.1) is 7.11 Å². The molecular formula is C28H54Cl3N5OS2. The number of hydrogen-bond donors (Lipinski definition) is 5. The molecule has 0 saturated heterocycles. The summed E-state index contributed by atoms with van der Waals surface area (Å²) < 4.78 is 2.59. The molecule has 0 amide bonds. The van der Waals surface area contributed by atoms with Crippen LogP contribution in [0.25, 0.3) is 0 Å². The van der Waals surface area contributed by atoms with Crippen LogP contribution >= 0.6 is 59.2 Å². The number of rotatable bonds is 0. The molecule has 6 nitrogen and oxygen atoms in total. The number of benzene rings is 2. The summed E-state index contributed by atoms with van der Waals surface area (Å²) in [5.74, 6) is -0.373. The Morgan fingerprint density at radius 3 is 1.00 bits per heavy atom. The highest BCUT2D eigenvalue weighted by molar-refractivity contribution is 7.89. The summed E-state index contributed by atoms with van der Waals surface area (Å²) in [7, 11) is 1.27. The number of hydrogen-bond acceptors (Lipinski definition) is 6. The second kappa shape index (κ2) is 38.3. The van der Waals surface area contributed by atoms with Gasteiger partial charge in [0, 0.05) is 11.4 Å². The van der Waals surface area contributed by atoms with Crippen molar-refractivity contribution in [2.75, 3.05) is 18.6 Å². The average Bonchev–Trinajstić information content (AvgIpc) is 2.92. The molecule has 0 fully saturated rings. The molecule has 0 aromatic heterocycles. The Kier molecular flexibility index (Phi) is 52.5. The van der Waals surface area contributed by atoms with Crippen LogP contribution in [0.5, 0.6) is 0 Å². The first-order valence-electron chi connectivity index (χ1n) is 12.1. The van der Waals surface area contributed by atoms with Crippen LogP contribution in [0.15, 0.2) is 48.5 Å². The van der Waals surface area contributed by atoms with Crippen LogP contribution in [-0.4, -0.2) is 26.8 Å². The Hall–Kier alpha value is -1.84. The van der Waals surface area contributed by atoms with Crippen molar-refractivity contribution in [3.63, 3.8) is 0 Å². The molecule has 0 unspecified atom stereocenters. The van der Waals surface area contributed by atoms with E-state index in [9.17, 15) is 0 Å². The smallest absolute Gasteiger partial charge is 0.265 e. The average molecular weight is 647 g/mol. The number of aryl methyl sites for hydroxylation is 2. The number of para-hydroxylation sites is 2. The molecule has 0 saturated carbocycles. The van der Waals surface area contributed by atoms with Gasteiger partial charge in [0.1, 0.15) is 9.98 Å². The van der Waals surface area contributed by atoms with Crippen LogP contribution < -0.4 is 22.9 Å². The molecule has 0 atom stereocenters. The van der Waals surface area contributed by atoms with E-state index in [1.807, 2.05) is 118 Å². The van der Waals surface area contributed by atoms with Gasteiger partial charge in [-0.2, -0.15) is 0 Å². The summed E-state index contributed by atoms with van der Waals surface area (Å²) in [6, 6.07) is 15.6. The molecule has 0 bridgehead atoms. The minimum Gasteiger partial charge on any atom is -0.481 e. The van der Waals surface area contributed by atoms with Crippen molar-refractivity contribution in [3.8, 4) is 0 Å². The summed E-state index contributed by atoms with van der Waals surface area (Å²) in [5.41, 5.74) is 24.9. The van der Waals surface area contributed by atoms with Gasteiger partial charge in [0.15, 0.2) is 0 Å². The zero-order valence-electron chi connectivity index (χ0n) is 24.8. The highest BCUT2D eigenvalue weighted by atomic mass is 35.6. The molecule has 2 aromatic rings. The van der Waals surface area contributed by atoms with Gasteiger partial charge in [-0.25, -0.2) is 0 Å². The molecule has 0 aliphatic rings. The largest absolute Gasteiger partial charge is 0.481 e. The lowest BCUT2D eigenvalue weighted by Crippen LogP contribution is -2.26. The molecule has 0 heterocycles. The molecular weight excluding hydrogens is 593 g/mol. The number of anilines is 2. The first-order chi connectivity index (χ1) is 17.7. The van der Waals surface area contributed by atoms with E-state index in [-0.39, 0.29) is 23.3 Å². The highest BCUT2D eigenvalue weighted by Crippen LogP contribution is 2.27. The van der Waals surface area contributed by atoms with Crippen LogP contribution in [0.2, 0.25) is 0 Å². The number of ether oxygens (including phenoxy) is 1. The van der Waals surface area contributed by atoms with Crippen LogP contribution in [0, 0.1) is 19.3 Å². The van der Waals surface area contributed by atoms with E-state index in [1.165, 1.54) is 7.11 Å². The van der Waals surface area contributed by atoms with Crippen molar-refractivity contribution in [1.29, 1.82) is 5.41 Å². The lowest BCUT2D eigenvalue weighted by molar-refractivity contribution is 0.391. The second-order valence-corrected chi connectivity index (χ2v) is 8.63. The van der Waals surface area contributed by atoms with Gasteiger partial charge in [-0.15, -0.1) is 0 Å². The van der Waals surface area contributed by atoms with Crippen LogP contribution in [0.4, 0.5) is 11.4 Å². The normalized spacial score (nSPS) is 7.74. The summed E-state index contributed by atoms with van der Waals surface area (Å²) in [5, 5.41) is 6.77. The standard InChI is InChI=1S/2C7H9N.C3H4Cl3NO.C2H4N2S2.4C2H6.CH4/c2*1-6-4-2-3-5-7(6)8;1-8-2(7)3(4,5)6;3-1(5)2(4)6;4*1-2;/h2*2-5H,8H2,1H3;7H,1H3;(H2,3,5)(H2,4,6);4*1-2H3;1H4. The highest BCUT2D eigenvalue weighted by Gasteiger charge is 2.27. The van der Waals surface area contributed by atoms with E-state index in [2.05, 4.69) is 29.2 Å². The van der Waals surface area contributed by atoms with Crippen molar-refractivity contribution in [3.05, 3.63) is 59.7 Å². The summed E-state index contributed by atoms with van der Waals surface area (Å²) in [4.78, 5) is 0.204. The minimum absolute atomic E-state index is 0. The second-order valence-electron chi connectivity index (χ2n) is 5.47. The Morgan fingerprint density at radius 2 is 0.923 bits per heavy atom. The van der Waals surface area contributed by atoms with E-state index >= 15 is 0 Å². The molecule has 0 spiro atoms. The monoisotopic (exact) mass is 645 g/mol. The van der Waals surface area contributed by atoms with Gasteiger partial charge in [0.25, 0.3) is 3.79 Å². The van der Waals surface area contributed by atoms with Crippen molar-refractivity contribution in [1.82, 2.24) is 0 Å². The number of nitrogens with two attached hydrogens (primary N) is 4. The van der Waals surface area contributed by atoms with E-state index in [1.54, 1.807) is 0 Å². The zero-order valence-corrected chi connectivity index (χ0v) is 28.7. The van der Waals surface area contributed by atoms with Crippen LogP contribution in [0.3, 0.4) is 0 Å². The number of halogens is 3. The maximum absolute atomic E-state index is 6.77. The topological polar surface area (TPSA) is 137 Å². The van der Waals surface area contributed by atoms with E-state index in [0.717, 1.165) is 22.5 Å². The molecule has 230 valence electrons. The van der Waals surface area contributed by atoms with Crippen LogP contribution in [0.1, 0.15) is 73.9 Å². The van der Waals surface area contributed by atoms with Crippen molar-refractivity contribution in [2.45, 2.75) is 80.5 Å². The van der Waals surface area contributed by atoms with Gasteiger partial charge >= 0.3 is 0 Å².